The van der Waals surface area contributed by atoms with Crippen molar-refractivity contribution in [2.45, 2.75) is 65.5 Å². The highest BCUT2D eigenvalue weighted by Crippen LogP contribution is 2.24. The SMILES string of the molecule is CC(C)CCc1c(CNC(=O)OC(C)(C)C)ccc2[nH]c(CCl)nc12. The number of ether oxygens (including phenoxy) is 1. The van der Waals surface area contributed by atoms with E-state index >= 15 is 0 Å². The van der Waals surface area contributed by atoms with Gasteiger partial charge in [0.25, 0.3) is 0 Å². The van der Waals surface area contributed by atoms with Crippen molar-refractivity contribution in [1.82, 2.24) is 15.3 Å². The molecule has 2 rings (SSSR count). The lowest BCUT2D eigenvalue weighted by Gasteiger charge is -2.20. The van der Waals surface area contributed by atoms with Gasteiger partial charge in [-0.3, -0.25) is 0 Å². The predicted octanol–water partition coefficient (Wildman–Crippen LogP) is 4.92. The molecule has 0 atom stereocenters. The fraction of sp³-hybridized carbons (Fsp3) is 0.579. The molecule has 0 bridgehead atoms. The second kappa shape index (κ2) is 8.09. The Labute approximate surface area is 154 Å². The number of imidazole rings is 1. The van der Waals surface area contributed by atoms with Gasteiger partial charge in [-0.05, 0) is 56.7 Å². The zero-order valence-corrected chi connectivity index (χ0v) is 16.5. The summed E-state index contributed by atoms with van der Waals surface area (Å²) >= 11 is 5.91. The molecule has 1 aromatic heterocycles. The smallest absolute Gasteiger partial charge is 0.407 e. The molecular weight excluding hydrogens is 338 g/mol. The van der Waals surface area contributed by atoms with E-state index in [1.807, 2.05) is 32.9 Å². The minimum absolute atomic E-state index is 0.351. The van der Waals surface area contributed by atoms with E-state index in [4.69, 9.17) is 16.3 Å². The molecule has 0 unspecified atom stereocenters. The van der Waals surface area contributed by atoms with Crippen LogP contribution in [0.4, 0.5) is 4.79 Å². The Hall–Kier alpha value is -1.75. The maximum absolute atomic E-state index is 12.0. The minimum Gasteiger partial charge on any atom is -0.444 e. The Morgan fingerprint density at radius 1 is 1.36 bits per heavy atom. The summed E-state index contributed by atoms with van der Waals surface area (Å²) in [4.78, 5) is 19.8. The van der Waals surface area contributed by atoms with Crippen molar-refractivity contribution in [3.05, 3.63) is 29.1 Å². The van der Waals surface area contributed by atoms with E-state index in [1.165, 1.54) is 0 Å². The lowest BCUT2D eigenvalue weighted by molar-refractivity contribution is 0.0523. The molecule has 0 aliphatic rings. The molecular formula is C19H28ClN3O2. The average Bonchev–Trinajstić information content (AvgIpc) is 2.92. The minimum atomic E-state index is -0.508. The van der Waals surface area contributed by atoms with Gasteiger partial charge in [0.15, 0.2) is 0 Å². The van der Waals surface area contributed by atoms with Gasteiger partial charge < -0.3 is 15.0 Å². The predicted molar refractivity (Wildman–Crippen MR) is 102 cm³/mol. The number of hydrogen-bond acceptors (Lipinski definition) is 3. The number of halogens is 1. The molecule has 5 nitrogen and oxygen atoms in total. The van der Waals surface area contributed by atoms with Crippen LogP contribution in [-0.4, -0.2) is 21.7 Å². The standard InChI is InChI=1S/C19H28ClN3O2/c1-12(2)6-8-14-13(11-21-18(24)25-19(3,4)5)7-9-15-17(14)23-16(10-20)22-15/h7,9,12H,6,8,10-11H2,1-5H3,(H,21,24)(H,22,23). The first-order valence-electron chi connectivity index (χ1n) is 8.71. The number of fused-ring (bicyclic) bond motifs is 1. The highest BCUT2D eigenvalue weighted by atomic mass is 35.5. The van der Waals surface area contributed by atoms with Crippen molar-refractivity contribution in [2.75, 3.05) is 0 Å². The molecule has 0 saturated heterocycles. The molecule has 2 N–H and O–H groups in total. The number of nitrogens with zero attached hydrogens (tertiary/aromatic N) is 1. The van der Waals surface area contributed by atoms with Gasteiger partial charge in [0.1, 0.15) is 11.4 Å². The summed E-state index contributed by atoms with van der Waals surface area (Å²) in [6, 6.07) is 4.02. The van der Waals surface area contributed by atoms with Crippen LogP contribution in [0.15, 0.2) is 12.1 Å². The van der Waals surface area contributed by atoms with Crippen LogP contribution in [-0.2, 0) is 23.6 Å². The van der Waals surface area contributed by atoms with E-state index in [9.17, 15) is 4.79 Å². The Morgan fingerprint density at radius 3 is 2.68 bits per heavy atom. The number of hydrogen-bond donors (Lipinski definition) is 2. The fourth-order valence-electron chi connectivity index (χ4n) is 2.65. The molecule has 6 heteroatoms. The summed E-state index contributed by atoms with van der Waals surface area (Å²) in [5.74, 6) is 1.71. The molecule has 25 heavy (non-hydrogen) atoms. The maximum Gasteiger partial charge on any atom is 0.407 e. The number of alkyl halides is 1. The quantitative estimate of drug-likeness (QED) is 0.714. The number of aryl methyl sites for hydroxylation is 1. The van der Waals surface area contributed by atoms with Crippen molar-refractivity contribution < 1.29 is 9.53 Å². The van der Waals surface area contributed by atoms with Gasteiger partial charge in [-0.1, -0.05) is 19.9 Å². The third kappa shape index (κ3) is 5.63. The molecule has 0 radical (unpaired) electrons. The molecule has 1 heterocycles. The Kier molecular flexibility index (Phi) is 6.33. The second-order valence-electron chi connectivity index (χ2n) is 7.70. The van der Waals surface area contributed by atoms with Gasteiger partial charge in [-0.2, -0.15) is 0 Å². The van der Waals surface area contributed by atoms with Crippen molar-refractivity contribution in [3.63, 3.8) is 0 Å². The van der Waals surface area contributed by atoms with Crippen LogP contribution >= 0.6 is 11.6 Å². The lowest BCUT2D eigenvalue weighted by Crippen LogP contribution is -2.32. The van der Waals surface area contributed by atoms with E-state index in [1.54, 1.807) is 0 Å². The number of carbonyl (C=O) groups excluding carboxylic acids is 1. The van der Waals surface area contributed by atoms with Crippen molar-refractivity contribution in [2.24, 2.45) is 5.92 Å². The van der Waals surface area contributed by atoms with E-state index in [0.29, 0.717) is 18.3 Å². The summed E-state index contributed by atoms with van der Waals surface area (Å²) in [5.41, 5.74) is 3.64. The van der Waals surface area contributed by atoms with Crippen LogP contribution in [0, 0.1) is 5.92 Å². The number of aromatic nitrogens is 2. The first-order valence-corrected chi connectivity index (χ1v) is 9.25. The molecule has 2 aromatic rings. The molecule has 1 aromatic carbocycles. The van der Waals surface area contributed by atoms with Crippen LogP contribution in [0.1, 0.15) is 58.0 Å². The first kappa shape index (κ1) is 19.6. The number of aromatic amines is 1. The monoisotopic (exact) mass is 365 g/mol. The lowest BCUT2D eigenvalue weighted by atomic mass is 9.97. The molecule has 0 spiro atoms. The van der Waals surface area contributed by atoms with Gasteiger partial charge in [-0.15, -0.1) is 11.6 Å². The zero-order valence-electron chi connectivity index (χ0n) is 15.7. The van der Waals surface area contributed by atoms with Gasteiger partial charge in [-0.25, -0.2) is 9.78 Å². The molecule has 0 fully saturated rings. The molecule has 1 amide bonds. The third-order valence-corrected chi connectivity index (χ3v) is 4.08. The summed E-state index contributed by atoms with van der Waals surface area (Å²) in [6.07, 6.45) is 1.56. The maximum atomic E-state index is 12.0. The average molecular weight is 366 g/mol. The normalized spacial score (nSPS) is 12.0. The van der Waals surface area contributed by atoms with E-state index < -0.39 is 11.7 Å². The van der Waals surface area contributed by atoms with Gasteiger partial charge in [0, 0.05) is 6.54 Å². The van der Waals surface area contributed by atoms with Crippen LogP contribution in [0.5, 0.6) is 0 Å². The van der Waals surface area contributed by atoms with Crippen molar-refractivity contribution in [1.29, 1.82) is 0 Å². The van der Waals surface area contributed by atoms with Crippen LogP contribution < -0.4 is 5.32 Å². The van der Waals surface area contributed by atoms with Gasteiger partial charge >= 0.3 is 6.09 Å². The zero-order chi connectivity index (χ0) is 18.6. The molecule has 138 valence electrons. The Bertz CT molecular complexity index is 732. The number of carbonyl (C=O) groups is 1. The largest absolute Gasteiger partial charge is 0.444 e. The summed E-state index contributed by atoms with van der Waals surface area (Å²) < 4.78 is 5.32. The van der Waals surface area contributed by atoms with Crippen LogP contribution in [0.2, 0.25) is 0 Å². The second-order valence-corrected chi connectivity index (χ2v) is 7.97. The number of benzene rings is 1. The molecule has 0 saturated carbocycles. The summed E-state index contributed by atoms with van der Waals surface area (Å²) in [7, 11) is 0. The van der Waals surface area contributed by atoms with E-state index in [0.717, 1.165) is 40.8 Å². The number of rotatable bonds is 6. The Morgan fingerprint density at radius 2 is 2.08 bits per heavy atom. The molecule has 0 aliphatic carbocycles. The number of nitrogens with one attached hydrogen (secondary N) is 2. The third-order valence-electron chi connectivity index (χ3n) is 3.83. The summed E-state index contributed by atoms with van der Waals surface area (Å²) in [5, 5.41) is 2.84. The van der Waals surface area contributed by atoms with E-state index in [2.05, 4.69) is 29.1 Å². The van der Waals surface area contributed by atoms with Crippen LogP contribution in [0.25, 0.3) is 11.0 Å². The van der Waals surface area contributed by atoms with Gasteiger partial charge in [0.05, 0.1) is 16.9 Å². The van der Waals surface area contributed by atoms with Crippen molar-refractivity contribution in [3.8, 4) is 0 Å². The Balaban J connectivity index is 2.24. The first-order chi connectivity index (χ1) is 11.7. The summed E-state index contributed by atoms with van der Waals surface area (Å²) in [6.45, 7) is 10.4. The number of amides is 1. The number of H-pyrrole nitrogens is 1. The van der Waals surface area contributed by atoms with Crippen LogP contribution in [0.3, 0.4) is 0 Å². The highest BCUT2D eigenvalue weighted by molar-refractivity contribution is 6.16. The van der Waals surface area contributed by atoms with Gasteiger partial charge in [0.2, 0.25) is 0 Å². The van der Waals surface area contributed by atoms with E-state index in [-0.39, 0.29) is 0 Å². The topological polar surface area (TPSA) is 67.0 Å². The molecule has 0 aliphatic heterocycles. The fourth-order valence-corrected chi connectivity index (χ4v) is 2.77. The van der Waals surface area contributed by atoms with Crippen molar-refractivity contribution >= 4 is 28.7 Å². The number of alkyl carbamates (subject to hydrolysis) is 1. The highest BCUT2D eigenvalue weighted by Gasteiger charge is 2.17.